The number of carbonyl (C=O) groups is 1. The summed E-state index contributed by atoms with van der Waals surface area (Å²) in [5, 5.41) is 0.283. The smallest absolute Gasteiger partial charge is 0.193 e. The van der Waals surface area contributed by atoms with Crippen LogP contribution in [-0.2, 0) is 0 Å². The second-order valence-corrected chi connectivity index (χ2v) is 3.92. The van der Waals surface area contributed by atoms with Gasteiger partial charge in [0, 0.05) is 23.7 Å². The highest BCUT2D eigenvalue weighted by atomic mass is 79.9. The fourth-order valence-corrected chi connectivity index (χ4v) is 1.70. The summed E-state index contributed by atoms with van der Waals surface area (Å²) in [5.74, 6) is 0.652. The molecule has 2 rings (SSSR count). The maximum atomic E-state index is 11.5. The van der Waals surface area contributed by atoms with E-state index in [0.29, 0.717) is 11.5 Å². The zero-order valence-electron chi connectivity index (χ0n) is 8.70. The predicted octanol–water partition coefficient (Wildman–Crippen LogP) is 2.36. The van der Waals surface area contributed by atoms with Gasteiger partial charge in [-0.3, -0.25) is 9.78 Å². The Morgan fingerprint density at radius 2 is 2.38 bits per heavy atom. The number of alkyl halides is 1. The number of rotatable bonds is 3. The lowest BCUT2D eigenvalue weighted by Crippen LogP contribution is -2.02. The van der Waals surface area contributed by atoms with Crippen molar-refractivity contribution in [1.82, 2.24) is 15.0 Å². The minimum Gasteiger partial charge on any atom is -0.341 e. The van der Waals surface area contributed by atoms with E-state index >= 15 is 0 Å². The van der Waals surface area contributed by atoms with Crippen LogP contribution in [0.2, 0.25) is 0 Å². The number of aryl methyl sites for hydroxylation is 1. The lowest BCUT2D eigenvalue weighted by Gasteiger charge is -1.93. The van der Waals surface area contributed by atoms with E-state index in [1.807, 2.05) is 19.1 Å². The number of aromatic nitrogens is 3. The number of ketones is 1. The normalized spacial score (nSPS) is 10.4. The average molecular weight is 280 g/mol. The molecule has 4 nitrogen and oxygen atoms in total. The fraction of sp³-hybridized carbons (Fsp3) is 0.182. The number of nitrogens with zero attached hydrogens (tertiary/aromatic N) is 2. The predicted molar refractivity (Wildman–Crippen MR) is 64.7 cm³/mol. The summed E-state index contributed by atoms with van der Waals surface area (Å²) in [5.41, 5.74) is 2.14. The highest BCUT2D eigenvalue weighted by Gasteiger charge is 2.14. The summed E-state index contributed by atoms with van der Waals surface area (Å²) < 4.78 is 0. The van der Waals surface area contributed by atoms with Crippen molar-refractivity contribution >= 4 is 21.7 Å². The second kappa shape index (κ2) is 4.57. The van der Waals surface area contributed by atoms with Crippen LogP contribution in [0, 0.1) is 6.92 Å². The maximum Gasteiger partial charge on any atom is 0.193 e. The molecule has 5 heteroatoms. The molecule has 0 atom stereocenters. The first-order chi connectivity index (χ1) is 7.72. The Balaban J connectivity index is 2.42. The van der Waals surface area contributed by atoms with E-state index in [1.165, 1.54) is 0 Å². The molecular formula is C11H10BrN3O. The van der Waals surface area contributed by atoms with E-state index in [-0.39, 0.29) is 11.1 Å². The number of hydrogen-bond donors (Lipinski definition) is 1. The summed E-state index contributed by atoms with van der Waals surface area (Å²) >= 11 is 3.14. The van der Waals surface area contributed by atoms with Crippen LogP contribution in [0.3, 0.4) is 0 Å². The third-order valence-electron chi connectivity index (χ3n) is 2.21. The van der Waals surface area contributed by atoms with Gasteiger partial charge in [0.25, 0.3) is 0 Å². The third-order valence-corrected chi connectivity index (χ3v) is 2.71. The van der Waals surface area contributed by atoms with Gasteiger partial charge in [-0.1, -0.05) is 15.9 Å². The summed E-state index contributed by atoms with van der Waals surface area (Å²) in [4.78, 5) is 22.9. The molecule has 2 aromatic heterocycles. The second-order valence-electron chi connectivity index (χ2n) is 3.36. The van der Waals surface area contributed by atoms with Crippen LogP contribution < -0.4 is 0 Å². The van der Waals surface area contributed by atoms with Gasteiger partial charge in [0.2, 0.25) is 0 Å². The van der Waals surface area contributed by atoms with Crippen LogP contribution >= 0.6 is 15.9 Å². The molecule has 2 heterocycles. The van der Waals surface area contributed by atoms with Gasteiger partial charge in [0.1, 0.15) is 11.5 Å². The molecule has 0 unspecified atom stereocenters. The van der Waals surface area contributed by atoms with Crippen LogP contribution in [-0.4, -0.2) is 26.1 Å². The van der Waals surface area contributed by atoms with Crippen LogP contribution in [0.4, 0.5) is 0 Å². The molecule has 0 aliphatic heterocycles. The molecule has 0 radical (unpaired) electrons. The molecule has 0 bridgehead atoms. The molecule has 16 heavy (non-hydrogen) atoms. The molecular weight excluding hydrogens is 270 g/mol. The van der Waals surface area contributed by atoms with Crippen molar-refractivity contribution < 1.29 is 4.79 Å². The summed E-state index contributed by atoms with van der Waals surface area (Å²) in [6, 6.07) is 3.73. The van der Waals surface area contributed by atoms with Crippen molar-refractivity contribution in [1.29, 1.82) is 0 Å². The number of hydrogen-bond acceptors (Lipinski definition) is 3. The Morgan fingerprint density at radius 3 is 3.00 bits per heavy atom. The molecule has 0 aliphatic rings. The quantitative estimate of drug-likeness (QED) is 0.693. The molecule has 0 fully saturated rings. The van der Waals surface area contributed by atoms with E-state index in [4.69, 9.17) is 0 Å². The SMILES string of the molecule is Cc1[nH]c(-c2cccnc2)nc1C(=O)CBr. The molecule has 0 saturated heterocycles. The maximum absolute atomic E-state index is 11.5. The molecule has 0 amide bonds. The lowest BCUT2D eigenvalue weighted by atomic mass is 10.3. The van der Waals surface area contributed by atoms with Gasteiger partial charge in [-0.05, 0) is 19.1 Å². The highest BCUT2D eigenvalue weighted by molar-refractivity contribution is 9.09. The Labute approximate surface area is 101 Å². The molecule has 2 aromatic rings. The molecule has 82 valence electrons. The van der Waals surface area contributed by atoms with Crippen molar-refractivity contribution in [3.63, 3.8) is 0 Å². The van der Waals surface area contributed by atoms with E-state index in [2.05, 4.69) is 30.9 Å². The van der Waals surface area contributed by atoms with Crippen molar-refractivity contribution in [2.75, 3.05) is 5.33 Å². The van der Waals surface area contributed by atoms with Crippen LogP contribution in [0.5, 0.6) is 0 Å². The van der Waals surface area contributed by atoms with Gasteiger partial charge < -0.3 is 4.98 Å². The number of carbonyl (C=O) groups excluding carboxylic acids is 1. The first kappa shape index (κ1) is 11.0. The summed E-state index contributed by atoms with van der Waals surface area (Å²) in [6.45, 7) is 1.84. The number of aromatic amines is 1. The topological polar surface area (TPSA) is 58.6 Å². The molecule has 0 aliphatic carbocycles. The Bertz CT molecular complexity index is 507. The first-order valence-electron chi connectivity index (χ1n) is 4.78. The van der Waals surface area contributed by atoms with E-state index < -0.39 is 0 Å². The first-order valence-corrected chi connectivity index (χ1v) is 5.90. The number of H-pyrrole nitrogens is 1. The zero-order chi connectivity index (χ0) is 11.5. The van der Waals surface area contributed by atoms with Gasteiger partial charge >= 0.3 is 0 Å². The number of pyridine rings is 1. The third kappa shape index (κ3) is 2.04. The number of nitrogens with one attached hydrogen (secondary N) is 1. The standard InChI is InChI=1S/C11H10BrN3O/c1-7-10(9(16)5-12)15-11(14-7)8-3-2-4-13-6-8/h2-4,6H,5H2,1H3,(H,14,15). The minimum absolute atomic E-state index is 0.0242. The van der Waals surface area contributed by atoms with Gasteiger partial charge in [0.05, 0.1) is 5.33 Å². The Hall–Kier alpha value is -1.49. The molecule has 0 spiro atoms. The zero-order valence-corrected chi connectivity index (χ0v) is 10.3. The summed E-state index contributed by atoms with van der Waals surface area (Å²) in [7, 11) is 0. The highest BCUT2D eigenvalue weighted by Crippen LogP contribution is 2.17. The van der Waals surface area contributed by atoms with Crippen molar-refractivity contribution in [3.05, 3.63) is 35.9 Å². The Morgan fingerprint density at radius 1 is 1.56 bits per heavy atom. The number of imidazole rings is 1. The lowest BCUT2D eigenvalue weighted by molar-refractivity contribution is 0.101. The van der Waals surface area contributed by atoms with Gasteiger partial charge in [-0.15, -0.1) is 0 Å². The largest absolute Gasteiger partial charge is 0.341 e. The van der Waals surface area contributed by atoms with Crippen LogP contribution in [0.1, 0.15) is 16.2 Å². The molecule has 1 N–H and O–H groups in total. The number of halogens is 1. The van der Waals surface area contributed by atoms with Gasteiger partial charge in [-0.2, -0.15) is 0 Å². The van der Waals surface area contributed by atoms with Crippen LogP contribution in [0.25, 0.3) is 11.4 Å². The fourth-order valence-electron chi connectivity index (χ4n) is 1.43. The van der Waals surface area contributed by atoms with E-state index in [1.54, 1.807) is 12.4 Å². The van der Waals surface area contributed by atoms with E-state index in [9.17, 15) is 4.79 Å². The minimum atomic E-state index is -0.0242. The average Bonchev–Trinajstić information content (AvgIpc) is 2.71. The summed E-state index contributed by atoms with van der Waals surface area (Å²) in [6.07, 6.45) is 3.41. The number of Topliss-reactive ketones (excluding diaryl/α,β-unsaturated/α-hetero) is 1. The van der Waals surface area contributed by atoms with Gasteiger partial charge in [-0.25, -0.2) is 4.98 Å². The monoisotopic (exact) mass is 279 g/mol. The van der Waals surface area contributed by atoms with Crippen molar-refractivity contribution in [2.24, 2.45) is 0 Å². The Kier molecular flexibility index (Phi) is 3.14. The van der Waals surface area contributed by atoms with Gasteiger partial charge in [0.15, 0.2) is 5.78 Å². The van der Waals surface area contributed by atoms with Crippen molar-refractivity contribution in [3.8, 4) is 11.4 Å². The molecule has 0 saturated carbocycles. The van der Waals surface area contributed by atoms with Crippen LogP contribution in [0.15, 0.2) is 24.5 Å². The van der Waals surface area contributed by atoms with E-state index in [0.717, 1.165) is 11.3 Å². The molecule has 0 aromatic carbocycles. The van der Waals surface area contributed by atoms with Crippen molar-refractivity contribution in [2.45, 2.75) is 6.92 Å².